The molecular formula is C32H41N5O6S. The Bertz CT molecular complexity index is 1400. The summed E-state index contributed by atoms with van der Waals surface area (Å²) in [7, 11) is 1.57. The van der Waals surface area contributed by atoms with Gasteiger partial charge < -0.3 is 30.3 Å². The number of ketones is 1. The Balaban J connectivity index is 1.24. The fourth-order valence-electron chi connectivity index (χ4n) is 5.34. The molecule has 0 bridgehead atoms. The average molecular weight is 624 g/mol. The number of hydrogen-bond donors (Lipinski definition) is 3. The second-order valence-corrected chi connectivity index (χ2v) is 13.0. The number of benzene rings is 1. The van der Waals surface area contributed by atoms with Gasteiger partial charge in [0.15, 0.2) is 10.9 Å². The second kappa shape index (κ2) is 13.9. The summed E-state index contributed by atoms with van der Waals surface area (Å²) >= 11 is 1.48. The zero-order chi connectivity index (χ0) is 31.3. The number of thiazole rings is 1. The molecule has 1 aliphatic carbocycles. The highest BCUT2D eigenvalue weighted by Crippen LogP contribution is 2.31. The summed E-state index contributed by atoms with van der Waals surface area (Å²) in [6.45, 7) is 5.58. The standard InChI is InChI=1S/C32H41N5O6S/c1-20(34-27(38)17-24-18-33-31(44-24)37-13-6-14-37)29(40)36-26(16-22-9-11-23(42-3)12-10-22)30(41)35-25(15-21-7-4-5-8-21)28(39)32(2)19-43-32/h7,9-12,18,20,25-26H,4-6,8,13-17,19H2,1-3H3,(H,34,38)(H,35,41)(H,36,40)/t20-,25-,26-,32+/m0/s1. The molecule has 1 aromatic heterocycles. The maximum absolute atomic E-state index is 13.8. The van der Waals surface area contributed by atoms with Gasteiger partial charge in [0.1, 0.15) is 23.4 Å². The van der Waals surface area contributed by atoms with Gasteiger partial charge in [-0.1, -0.05) is 23.8 Å². The van der Waals surface area contributed by atoms with Crippen molar-refractivity contribution in [3.05, 3.63) is 52.6 Å². The Labute approximate surface area is 261 Å². The minimum Gasteiger partial charge on any atom is -0.497 e. The van der Waals surface area contributed by atoms with E-state index in [4.69, 9.17) is 9.47 Å². The molecule has 2 saturated heterocycles. The van der Waals surface area contributed by atoms with Crippen molar-refractivity contribution in [3.63, 3.8) is 0 Å². The number of epoxide rings is 1. The Morgan fingerprint density at radius 2 is 1.77 bits per heavy atom. The Morgan fingerprint density at radius 3 is 2.39 bits per heavy atom. The first kappa shape index (κ1) is 31.6. The molecule has 2 fully saturated rings. The predicted octanol–water partition coefficient (Wildman–Crippen LogP) is 2.48. The lowest BCUT2D eigenvalue weighted by atomic mass is 9.94. The molecule has 2 aromatic rings. The third-order valence-corrected chi connectivity index (χ3v) is 9.40. The molecule has 0 radical (unpaired) electrons. The fraction of sp³-hybridized carbons (Fsp3) is 0.531. The molecule has 1 aromatic carbocycles. The smallest absolute Gasteiger partial charge is 0.243 e. The van der Waals surface area contributed by atoms with Gasteiger partial charge in [-0.25, -0.2) is 4.98 Å². The van der Waals surface area contributed by atoms with Crippen LogP contribution in [0.3, 0.4) is 0 Å². The minimum atomic E-state index is -0.989. The highest BCUT2D eigenvalue weighted by atomic mass is 32.1. The molecule has 11 nitrogen and oxygen atoms in total. The number of anilines is 1. The van der Waals surface area contributed by atoms with Crippen molar-refractivity contribution in [1.29, 1.82) is 0 Å². The molecule has 0 unspecified atom stereocenters. The molecule has 44 heavy (non-hydrogen) atoms. The number of ether oxygens (including phenoxy) is 2. The lowest BCUT2D eigenvalue weighted by Gasteiger charge is -2.30. The van der Waals surface area contributed by atoms with E-state index in [0.29, 0.717) is 18.8 Å². The van der Waals surface area contributed by atoms with E-state index < -0.39 is 35.5 Å². The number of nitrogens with zero attached hydrogens (tertiary/aromatic N) is 2. The molecule has 3 N–H and O–H groups in total. The zero-order valence-electron chi connectivity index (χ0n) is 25.5. The number of Topliss-reactive ketones (excluding diaryl/α,β-unsaturated/α-hetero) is 1. The van der Waals surface area contributed by atoms with Gasteiger partial charge in [0.2, 0.25) is 17.7 Å². The van der Waals surface area contributed by atoms with E-state index in [2.05, 4.69) is 31.9 Å². The molecule has 0 saturated carbocycles. The number of nitrogens with one attached hydrogen (secondary N) is 3. The predicted molar refractivity (Wildman–Crippen MR) is 167 cm³/mol. The van der Waals surface area contributed by atoms with Crippen LogP contribution in [0.15, 0.2) is 42.1 Å². The SMILES string of the molecule is COc1ccc(C[C@H](NC(=O)[C@H](C)NC(=O)Cc2cnc(N3CCC3)s2)C(=O)N[C@@H](CC2=CCCC2)C(=O)[C@@]2(C)CO2)cc1. The molecule has 12 heteroatoms. The summed E-state index contributed by atoms with van der Waals surface area (Å²) in [6, 6.07) is 4.56. The van der Waals surface area contributed by atoms with E-state index in [1.165, 1.54) is 11.3 Å². The highest BCUT2D eigenvalue weighted by molar-refractivity contribution is 7.15. The van der Waals surface area contributed by atoms with Crippen molar-refractivity contribution < 1.29 is 28.7 Å². The van der Waals surface area contributed by atoms with Crippen LogP contribution in [0.25, 0.3) is 0 Å². The van der Waals surface area contributed by atoms with Crippen LogP contribution in [0.4, 0.5) is 5.13 Å². The van der Waals surface area contributed by atoms with Crippen LogP contribution in [0.5, 0.6) is 5.75 Å². The Kier molecular flexibility index (Phi) is 10.00. The minimum absolute atomic E-state index is 0.110. The summed E-state index contributed by atoms with van der Waals surface area (Å²) in [5.74, 6) is -0.792. The van der Waals surface area contributed by atoms with Gasteiger partial charge >= 0.3 is 0 Å². The third-order valence-electron chi connectivity index (χ3n) is 8.34. The first-order chi connectivity index (χ1) is 21.1. The van der Waals surface area contributed by atoms with Crippen molar-refractivity contribution in [3.8, 4) is 5.75 Å². The summed E-state index contributed by atoms with van der Waals surface area (Å²) in [4.78, 5) is 60.6. The van der Waals surface area contributed by atoms with Gasteiger partial charge in [0.05, 0.1) is 26.2 Å². The number of carbonyl (C=O) groups is 4. The van der Waals surface area contributed by atoms with Crippen LogP contribution >= 0.6 is 11.3 Å². The number of allylic oxidation sites excluding steroid dienone is 1. The topological polar surface area (TPSA) is 142 Å². The third kappa shape index (κ3) is 8.03. The van der Waals surface area contributed by atoms with E-state index in [-0.39, 0.29) is 24.5 Å². The van der Waals surface area contributed by atoms with E-state index >= 15 is 0 Å². The molecule has 0 spiro atoms. The van der Waals surface area contributed by atoms with E-state index in [9.17, 15) is 19.2 Å². The maximum Gasteiger partial charge on any atom is 0.243 e. The van der Waals surface area contributed by atoms with Crippen LogP contribution < -0.4 is 25.6 Å². The highest BCUT2D eigenvalue weighted by Gasteiger charge is 2.50. The van der Waals surface area contributed by atoms with Gasteiger partial charge in [-0.15, -0.1) is 11.3 Å². The number of aromatic nitrogens is 1. The van der Waals surface area contributed by atoms with Gasteiger partial charge in [0, 0.05) is 30.6 Å². The van der Waals surface area contributed by atoms with Crippen molar-refractivity contribution in [2.45, 2.75) is 82.5 Å². The van der Waals surface area contributed by atoms with Crippen LogP contribution in [0.2, 0.25) is 0 Å². The zero-order valence-corrected chi connectivity index (χ0v) is 26.3. The Hall–Kier alpha value is -3.77. The molecule has 5 rings (SSSR count). The summed E-state index contributed by atoms with van der Waals surface area (Å²) < 4.78 is 10.7. The lowest BCUT2D eigenvalue weighted by molar-refractivity contribution is -0.134. The maximum atomic E-state index is 13.8. The lowest BCUT2D eigenvalue weighted by Crippen LogP contribution is -2.56. The van der Waals surface area contributed by atoms with E-state index in [1.54, 1.807) is 39.3 Å². The molecule has 4 atom stereocenters. The van der Waals surface area contributed by atoms with Gasteiger partial charge in [-0.3, -0.25) is 19.2 Å². The summed E-state index contributed by atoms with van der Waals surface area (Å²) in [5, 5.41) is 9.39. The van der Waals surface area contributed by atoms with E-state index in [1.807, 2.05) is 12.1 Å². The monoisotopic (exact) mass is 623 g/mol. The molecule has 2 aliphatic heterocycles. The summed E-state index contributed by atoms with van der Waals surface area (Å²) in [5.41, 5.74) is 1.03. The number of hydrogen-bond acceptors (Lipinski definition) is 9. The molecule has 3 heterocycles. The number of carbonyl (C=O) groups excluding carboxylic acids is 4. The van der Waals surface area contributed by atoms with Crippen molar-refractivity contribution in [2.75, 3.05) is 31.7 Å². The normalized spacial score (nSPS) is 20.9. The Morgan fingerprint density at radius 1 is 1.05 bits per heavy atom. The van der Waals surface area contributed by atoms with Crippen LogP contribution in [-0.4, -0.2) is 79.0 Å². The van der Waals surface area contributed by atoms with Gasteiger partial charge in [-0.05, 0) is 63.6 Å². The second-order valence-electron chi connectivity index (χ2n) is 11.9. The number of methoxy groups -OCH3 is 1. The molecule has 236 valence electrons. The van der Waals surface area contributed by atoms with Crippen LogP contribution in [-0.2, 0) is 36.8 Å². The summed E-state index contributed by atoms with van der Waals surface area (Å²) in [6.07, 6.45) is 8.55. The molecule has 3 aliphatic rings. The van der Waals surface area contributed by atoms with Crippen molar-refractivity contribution >= 4 is 40.0 Å². The number of amides is 3. The van der Waals surface area contributed by atoms with Crippen molar-refractivity contribution in [1.82, 2.24) is 20.9 Å². The van der Waals surface area contributed by atoms with Gasteiger partial charge in [0.25, 0.3) is 0 Å². The van der Waals surface area contributed by atoms with Crippen LogP contribution in [0, 0.1) is 0 Å². The fourth-order valence-corrected chi connectivity index (χ4v) is 6.30. The average Bonchev–Trinajstić information content (AvgIpc) is 3.31. The van der Waals surface area contributed by atoms with Crippen LogP contribution in [0.1, 0.15) is 56.4 Å². The largest absolute Gasteiger partial charge is 0.497 e. The van der Waals surface area contributed by atoms with Crippen molar-refractivity contribution in [2.24, 2.45) is 0 Å². The van der Waals surface area contributed by atoms with Gasteiger partial charge in [-0.2, -0.15) is 0 Å². The molecule has 3 amide bonds. The van der Waals surface area contributed by atoms with E-state index in [0.717, 1.165) is 59.9 Å². The quantitative estimate of drug-likeness (QED) is 0.203. The first-order valence-electron chi connectivity index (χ1n) is 15.2. The number of rotatable bonds is 15. The molecular weight excluding hydrogens is 582 g/mol. The first-order valence-corrected chi connectivity index (χ1v) is 16.0.